The van der Waals surface area contributed by atoms with Crippen molar-refractivity contribution in [2.24, 2.45) is 17.6 Å². The minimum absolute atomic E-state index is 0.249. The zero-order valence-electron chi connectivity index (χ0n) is 11.4. The largest absolute Gasteiger partial charge is 0.327 e. The Morgan fingerprint density at radius 2 is 2.21 bits per heavy atom. The first-order valence-electron chi connectivity index (χ1n) is 7.26. The summed E-state index contributed by atoms with van der Waals surface area (Å²) < 4.78 is 12.9. The molecule has 2 fully saturated rings. The highest BCUT2D eigenvalue weighted by molar-refractivity contribution is 5.10. The number of hydrogen-bond acceptors (Lipinski definition) is 3. The number of nitrogens with zero attached hydrogens (tertiary/aromatic N) is 2. The topological polar surface area (TPSA) is 42.2 Å². The second-order valence-electron chi connectivity index (χ2n) is 6.05. The van der Waals surface area contributed by atoms with E-state index < -0.39 is 0 Å². The summed E-state index contributed by atoms with van der Waals surface area (Å²) in [6.07, 6.45) is 5.04. The number of likely N-dealkylation sites (tertiary alicyclic amines) is 1. The molecule has 3 rings (SSSR count). The lowest BCUT2D eigenvalue weighted by Crippen LogP contribution is -2.38. The van der Waals surface area contributed by atoms with E-state index in [-0.39, 0.29) is 11.9 Å². The maximum atomic E-state index is 12.9. The summed E-state index contributed by atoms with van der Waals surface area (Å²) >= 11 is 0. The Labute approximate surface area is 114 Å². The second kappa shape index (κ2) is 5.17. The molecule has 1 saturated heterocycles. The van der Waals surface area contributed by atoms with Crippen LogP contribution in [-0.2, 0) is 0 Å². The minimum Gasteiger partial charge on any atom is -0.327 e. The maximum Gasteiger partial charge on any atom is 0.141 e. The zero-order chi connectivity index (χ0) is 13.4. The van der Waals surface area contributed by atoms with Gasteiger partial charge in [0, 0.05) is 25.2 Å². The fourth-order valence-electron chi connectivity index (χ4n) is 3.69. The second-order valence-corrected chi connectivity index (χ2v) is 6.05. The predicted octanol–water partition coefficient (Wildman–Crippen LogP) is 2.34. The van der Waals surface area contributed by atoms with Gasteiger partial charge in [-0.2, -0.15) is 0 Å². The maximum absolute atomic E-state index is 12.9. The quantitative estimate of drug-likeness (QED) is 0.890. The fraction of sp³-hybridized carbons (Fsp3) is 0.667. The van der Waals surface area contributed by atoms with Crippen LogP contribution in [0.3, 0.4) is 0 Å². The lowest BCUT2D eigenvalue weighted by Gasteiger charge is -2.30. The summed E-state index contributed by atoms with van der Waals surface area (Å²) in [5.41, 5.74) is 7.20. The van der Waals surface area contributed by atoms with Crippen molar-refractivity contribution in [3.05, 3.63) is 29.8 Å². The molecule has 4 atom stereocenters. The lowest BCUT2D eigenvalue weighted by atomic mass is 9.78. The Morgan fingerprint density at radius 3 is 2.89 bits per heavy atom. The van der Waals surface area contributed by atoms with E-state index >= 15 is 0 Å². The van der Waals surface area contributed by atoms with Crippen LogP contribution in [0.1, 0.15) is 37.9 Å². The molecular formula is C15H22FN3. The Kier molecular flexibility index (Phi) is 3.54. The molecule has 104 valence electrons. The normalized spacial score (nSPS) is 33.1. The molecule has 1 saturated carbocycles. The molecule has 3 nitrogen and oxygen atoms in total. The zero-order valence-corrected chi connectivity index (χ0v) is 11.4. The van der Waals surface area contributed by atoms with Crippen molar-refractivity contribution in [2.45, 2.75) is 38.3 Å². The van der Waals surface area contributed by atoms with Gasteiger partial charge in [-0.15, -0.1) is 0 Å². The van der Waals surface area contributed by atoms with Crippen LogP contribution in [-0.4, -0.2) is 29.0 Å². The van der Waals surface area contributed by atoms with E-state index in [4.69, 9.17) is 5.73 Å². The highest BCUT2D eigenvalue weighted by Gasteiger charge is 2.40. The molecule has 2 aliphatic rings. The first kappa shape index (κ1) is 13.0. The number of rotatable bonds is 2. The number of hydrogen-bond donors (Lipinski definition) is 1. The fourth-order valence-corrected chi connectivity index (χ4v) is 3.69. The SMILES string of the molecule is CC(c1ccc(F)cn1)N1CC2CCCC(N)C2C1. The Hall–Kier alpha value is -1.00. The molecule has 0 amide bonds. The average molecular weight is 263 g/mol. The summed E-state index contributed by atoms with van der Waals surface area (Å²) in [5, 5.41) is 0. The molecule has 1 aromatic heterocycles. The van der Waals surface area contributed by atoms with Crippen molar-refractivity contribution in [1.82, 2.24) is 9.88 Å². The van der Waals surface area contributed by atoms with Gasteiger partial charge in [-0.05, 0) is 43.7 Å². The third kappa shape index (κ3) is 2.51. The van der Waals surface area contributed by atoms with Gasteiger partial charge in [0.15, 0.2) is 0 Å². The van der Waals surface area contributed by atoms with Gasteiger partial charge in [-0.25, -0.2) is 4.39 Å². The Morgan fingerprint density at radius 1 is 1.37 bits per heavy atom. The van der Waals surface area contributed by atoms with E-state index in [0.717, 1.165) is 31.1 Å². The number of aromatic nitrogens is 1. The summed E-state index contributed by atoms with van der Waals surface area (Å²) in [4.78, 5) is 6.67. The van der Waals surface area contributed by atoms with Crippen molar-refractivity contribution in [3.63, 3.8) is 0 Å². The van der Waals surface area contributed by atoms with E-state index in [2.05, 4.69) is 16.8 Å². The molecule has 0 bridgehead atoms. The van der Waals surface area contributed by atoms with E-state index in [1.165, 1.54) is 25.1 Å². The van der Waals surface area contributed by atoms with E-state index in [1.807, 2.05) is 0 Å². The summed E-state index contributed by atoms with van der Waals surface area (Å²) in [7, 11) is 0. The van der Waals surface area contributed by atoms with Gasteiger partial charge in [0.25, 0.3) is 0 Å². The Bertz CT molecular complexity index is 434. The van der Waals surface area contributed by atoms with Crippen molar-refractivity contribution in [3.8, 4) is 0 Å². The smallest absolute Gasteiger partial charge is 0.141 e. The number of fused-ring (bicyclic) bond motifs is 1. The van der Waals surface area contributed by atoms with Crippen LogP contribution in [0.4, 0.5) is 4.39 Å². The number of halogens is 1. The number of nitrogens with two attached hydrogens (primary N) is 1. The summed E-state index contributed by atoms with van der Waals surface area (Å²) in [6, 6.07) is 3.89. The lowest BCUT2D eigenvalue weighted by molar-refractivity contribution is 0.241. The predicted molar refractivity (Wildman–Crippen MR) is 73.0 cm³/mol. The molecular weight excluding hydrogens is 241 g/mol. The van der Waals surface area contributed by atoms with Gasteiger partial charge in [0.05, 0.1) is 11.9 Å². The van der Waals surface area contributed by atoms with Crippen LogP contribution in [0, 0.1) is 17.7 Å². The van der Waals surface area contributed by atoms with Crippen LogP contribution >= 0.6 is 0 Å². The number of pyridine rings is 1. The van der Waals surface area contributed by atoms with E-state index in [0.29, 0.717) is 12.0 Å². The first-order chi connectivity index (χ1) is 9.15. The van der Waals surface area contributed by atoms with Crippen molar-refractivity contribution < 1.29 is 4.39 Å². The minimum atomic E-state index is -0.270. The van der Waals surface area contributed by atoms with Crippen molar-refractivity contribution in [1.29, 1.82) is 0 Å². The molecule has 0 spiro atoms. The van der Waals surface area contributed by atoms with Crippen LogP contribution in [0.5, 0.6) is 0 Å². The molecule has 1 aromatic rings. The van der Waals surface area contributed by atoms with E-state index in [9.17, 15) is 4.39 Å². The average Bonchev–Trinajstić information content (AvgIpc) is 2.84. The van der Waals surface area contributed by atoms with Crippen LogP contribution in [0.25, 0.3) is 0 Å². The highest BCUT2D eigenvalue weighted by atomic mass is 19.1. The standard InChI is InChI=1S/C15H22FN3/c1-10(15-6-5-12(16)7-18-15)19-8-11-3-2-4-14(17)13(11)9-19/h5-7,10-11,13-14H,2-4,8-9,17H2,1H3. The molecule has 19 heavy (non-hydrogen) atoms. The Balaban J connectivity index is 1.71. The highest BCUT2D eigenvalue weighted by Crippen LogP contribution is 2.38. The molecule has 2 N–H and O–H groups in total. The molecule has 2 heterocycles. The third-order valence-electron chi connectivity index (χ3n) is 4.91. The molecule has 1 aliphatic carbocycles. The summed E-state index contributed by atoms with van der Waals surface area (Å²) in [6.45, 7) is 4.33. The van der Waals surface area contributed by atoms with Gasteiger partial charge >= 0.3 is 0 Å². The van der Waals surface area contributed by atoms with Crippen molar-refractivity contribution in [2.75, 3.05) is 13.1 Å². The van der Waals surface area contributed by atoms with Gasteiger partial charge in [0.1, 0.15) is 5.82 Å². The molecule has 4 heteroatoms. The van der Waals surface area contributed by atoms with Crippen LogP contribution in [0.15, 0.2) is 18.3 Å². The molecule has 0 aromatic carbocycles. The van der Waals surface area contributed by atoms with Crippen molar-refractivity contribution >= 4 is 0 Å². The third-order valence-corrected chi connectivity index (χ3v) is 4.91. The molecule has 0 radical (unpaired) electrons. The monoisotopic (exact) mass is 263 g/mol. The van der Waals surface area contributed by atoms with Gasteiger partial charge in [-0.1, -0.05) is 6.42 Å². The molecule has 4 unspecified atom stereocenters. The van der Waals surface area contributed by atoms with Gasteiger partial charge < -0.3 is 5.73 Å². The summed E-state index contributed by atoms with van der Waals surface area (Å²) in [5.74, 6) is 1.11. The van der Waals surface area contributed by atoms with Crippen LogP contribution in [0.2, 0.25) is 0 Å². The first-order valence-corrected chi connectivity index (χ1v) is 7.26. The van der Waals surface area contributed by atoms with Gasteiger partial charge in [-0.3, -0.25) is 9.88 Å². The molecule has 1 aliphatic heterocycles. The van der Waals surface area contributed by atoms with Gasteiger partial charge in [0.2, 0.25) is 0 Å². The van der Waals surface area contributed by atoms with E-state index in [1.54, 1.807) is 6.07 Å². The van der Waals surface area contributed by atoms with Crippen LogP contribution < -0.4 is 5.73 Å².